The van der Waals surface area contributed by atoms with Crippen molar-refractivity contribution in [2.24, 2.45) is 5.10 Å². The highest BCUT2D eigenvalue weighted by molar-refractivity contribution is 7.80. The van der Waals surface area contributed by atoms with Gasteiger partial charge in [0.2, 0.25) is 0 Å². The van der Waals surface area contributed by atoms with Crippen LogP contribution in [-0.4, -0.2) is 27.9 Å². The molecule has 0 bridgehead atoms. The van der Waals surface area contributed by atoms with Crippen LogP contribution in [-0.2, 0) is 0 Å². The zero-order valence-electron chi connectivity index (χ0n) is 9.87. The lowest BCUT2D eigenvalue weighted by Crippen LogP contribution is -2.31. The van der Waals surface area contributed by atoms with E-state index in [1.807, 2.05) is 0 Å². The van der Waals surface area contributed by atoms with Crippen molar-refractivity contribution >= 4 is 29.2 Å². The highest BCUT2D eigenvalue weighted by Crippen LogP contribution is 2.20. The summed E-state index contributed by atoms with van der Waals surface area (Å²) in [6.07, 6.45) is 2.87. The third kappa shape index (κ3) is 4.72. The Balaban J connectivity index is 2.70. The normalized spacial score (nSPS) is 10.1. The highest BCUT2D eigenvalue weighted by atomic mass is 32.1. The molecule has 0 heterocycles. The van der Waals surface area contributed by atoms with Gasteiger partial charge in [0.25, 0.3) is 5.69 Å². The first kappa shape index (κ1) is 14.6. The number of non-ortho nitro benzene ring substituents is 1. The Labute approximate surface area is 114 Å². The van der Waals surface area contributed by atoms with Gasteiger partial charge in [-0.2, -0.15) is 5.10 Å². The predicted molar refractivity (Wildman–Crippen MR) is 76.3 cm³/mol. The number of hydrogen-bond donors (Lipinski definition) is 3. The van der Waals surface area contributed by atoms with Crippen LogP contribution in [0.3, 0.4) is 0 Å². The molecule has 0 fully saturated rings. The summed E-state index contributed by atoms with van der Waals surface area (Å²) in [4.78, 5) is 10.0. The van der Waals surface area contributed by atoms with Crippen molar-refractivity contribution in [3.63, 3.8) is 0 Å². The standard InChI is InChI=1S/C11H12N4O3S/c1-2-5-12-11(19)14-13-7-8-6-9(15(17)18)3-4-10(8)16/h2-4,6-7,16H,1,5H2,(H2,12,14,19)/b13-7+. The third-order valence-corrected chi connectivity index (χ3v) is 2.23. The van der Waals surface area contributed by atoms with Crippen molar-refractivity contribution in [2.45, 2.75) is 0 Å². The molecular formula is C11H12N4O3S. The van der Waals surface area contributed by atoms with Crippen LogP contribution in [0.4, 0.5) is 5.69 Å². The number of nitrogens with one attached hydrogen (secondary N) is 2. The fourth-order valence-corrected chi connectivity index (χ4v) is 1.26. The Kier molecular flexibility index (Phi) is 5.42. The Morgan fingerprint density at radius 3 is 3.00 bits per heavy atom. The van der Waals surface area contributed by atoms with Gasteiger partial charge in [-0.25, -0.2) is 0 Å². The van der Waals surface area contributed by atoms with E-state index >= 15 is 0 Å². The average Bonchev–Trinajstić information content (AvgIpc) is 2.38. The summed E-state index contributed by atoms with van der Waals surface area (Å²) >= 11 is 4.88. The lowest BCUT2D eigenvalue weighted by atomic mass is 10.2. The second kappa shape index (κ2) is 7.07. The second-order valence-electron chi connectivity index (χ2n) is 3.37. The van der Waals surface area contributed by atoms with E-state index in [0.717, 1.165) is 0 Å². The summed E-state index contributed by atoms with van der Waals surface area (Å²) < 4.78 is 0. The minimum atomic E-state index is -0.555. The van der Waals surface area contributed by atoms with Crippen molar-refractivity contribution < 1.29 is 10.0 Å². The van der Waals surface area contributed by atoms with E-state index < -0.39 is 4.92 Å². The number of nitro benzene ring substituents is 1. The minimum absolute atomic E-state index is 0.110. The van der Waals surface area contributed by atoms with E-state index in [9.17, 15) is 15.2 Å². The Hall–Kier alpha value is -2.48. The van der Waals surface area contributed by atoms with Crippen LogP contribution >= 0.6 is 12.2 Å². The van der Waals surface area contributed by atoms with Gasteiger partial charge in [0, 0.05) is 24.2 Å². The molecule has 0 aliphatic heterocycles. The maximum absolute atomic E-state index is 10.6. The van der Waals surface area contributed by atoms with Crippen LogP contribution in [0.5, 0.6) is 5.75 Å². The summed E-state index contributed by atoms with van der Waals surface area (Å²) in [5.74, 6) is -0.110. The van der Waals surface area contributed by atoms with Crippen LogP contribution in [0.15, 0.2) is 36.0 Å². The van der Waals surface area contributed by atoms with Crippen LogP contribution in [0.2, 0.25) is 0 Å². The lowest BCUT2D eigenvalue weighted by molar-refractivity contribution is -0.384. The number of phenolic OH excluding ortho intramolecular Hbond substituents is 1. The summed E-state index contributed by atoms with van der Waals surface area (Å²) in [5.41, 5.74) is 2.59. The van der Waals surface area contributed by atoms with E-state index in [1.165, 1.54) is 24.4 Å². The SMILES string of the molecule is C=CCNC(=S)N/N=C/c1cc([N+](=O)[O-])ccc1O. The minimum Gasteiger partial charge on any atom is -0.507 e. The highest BCUT2D eigenvalue weighted by Gasteiger charge is 2.08. The molecule has 3 N–H and O–H groups in total. The largest absolute Gasteiger partial charge is 0.507 e. The fourth-order valence-electron chi connectivity index (χ4n) is 1.12. The first-order valence-corrected chi connectivity index (χ1v) is 5.60. The smallest absolute Gasteiger partial charge is 0.270 e. The molecule has 0 saturated carbocycles. The number of benzene rings is 1. The molecule has 0 spiro atoms. The first-order valence-electron chi connectivity index (χ1n) is 5.20. The maximum atomic E-state index is 10.6. The second-order valence-corrected chi connectivity index (χ2v) is 3.78. The van der Waals surface area contributed by atoms with Crippen molar-refractivity contribution in [3.8, 4) is 5.75 Å². The monoisotopic (exact) mass is 280 g/mol. The van der Waals surface area contributed by atoms with Gasteiger partial charge in [0.05, 0.1) is 11.1 Å². The van der Waals surface area contributed by atoms with Crippen molar-refractivity contribution in [3.05, 3.63) is 46.5 Å². The van der Waals surface area contributed by atoms with Gasteiger partial charge in [-0.15, -0.1) is 6.58 Å². The van der Waals surface area contributed by atoms with E-state index in [0.29, 0.717) is 6.54 Å². The van der Waals surface area contributed by atoms with Gasteiger partial charge in [0.1, 0.15) is 5.75 Å². The average molecular weight is 280 g/mol. The molecule has 0 aliphatic rings. The molecule has 0 aliphatic carbocycles. The quantitative estimate of drug-likeness (QED) is 0.247. The molecule has 0 atom stereocenters. The number of nitrogens with zero attached hydrogens (tertiary/aromatic N) is 2. The summed E-state index contributed by atoms with van der Waals surface area (Å²) in [6.45, 7) is 4.00. The number of aromatic hydroxyl groups is 1. The van der Waals surface area contributed by atoms with Crippen LogP contribution in [0.25, 0.3) is 0 Å². The van der Waals surface area contributed by atoms with Gasteiger partial charge in [-0.3, -0.25) is 15.5 Å². The molecule has 0 saturated heterocycles. The molecule has 1 rings (SSSR count). The molecular weight excluding hydrogens is 268 g/mol. The van der Waals surface area contributed by atoms with E-state index in [2.05, 4.69) is 22.4 Å². The maximum Gasteiger partial charge on any atom is 0.270 e. The third-order valence-electron chi connectivity index (χ3n) is 2.00. The summed E-state index contributed by atoms with van der Waals surface area (Å²) in [7, 11) is 0. The molecule has 1 aromatic carbocycles. The topological polar surface area (TPSA) is 99.8 Å². The van der Waals surface area contributed by atoms with Gasteiger partial charge >= 0.3 is 0 Å². The molecule has 8 heteroatoms. The molecule has 100 valence electrons. The van der Waals surface area contributed by atoms with Crippen LogP contribution < -0.4 is 10.7 Å². The number of hydrogen-bond acceptors (Lipinski definition) is 5. The number of nitro groups is 1. The Morgan fingerprint density at radius 2 is 2.37 bits per heavy atom. The molecule has 7 nitrogen and oxygen atoms in total. The molecule has 19 heavy (non-hydrogen) atoms. The zero-order chi connectivity index (χ0) is 14.3. The fraction of sp³-hybridized carbons (Fsp3) is 0.0909. The van der Waals surface area contributed by atoms with Gasteiger partial charge in [-0.1, -0.05) is 6.08 Å². The van der Waals surface area contributed by atoms with Crippen molar-refractivity contribution in [2.75, 3.05) is 6.54 Å². The molecule has 0 radical (unpaired) electrons. The summed E-state index contributed by atoms with van der Waals surface area (Å²) in [6, 6.07) is 3.64. The summed E-state index contributed by atoms with van der Waals surface area (Å²) in [5, 5.41) is 26.9. The van der Waals surface area contributed by atoms with Crippen molar-refractivity contribution in [1.29, 1.82) is 0 Å². The number of rotatable bonds is 5. The van der Waals surface area contributed by atoms with Crippen LogP contribution in [0.1, 0.15) is 5.56 Å². The molecule has 0 unspecified atom stereocenters. The number of thiocarbonyl (C=S) groups is 1. The van der Waals surface area contributed by atoms with E-state index in [4.69, 9.17) is 12.2 Å². The molecule has 0 amide bonds. The van der Waals surface area contributed by atoms with Crippen LogP contribution in [0, 0.1) is 10.1 Å². The molecule has 0 aromatic heterocycles. The van der Waals surface area contributed by atoms with Crippen molar-refractivity contribution in [1.82, 2.24) is 10.7 Å². The predicted octanol–water partition coefficient (Wildman–Crippen LogP) is 1.28. The zero-order valence-corrected chi connectivity index (χ0v) is 10.7. The van der Waals surface area contributed by atoms with E-state index in [1.54, 1.807) is 6.08 Å². The Bertz CT molecular complexity index is 531. The first-order chi connectivity index (χ1) is 9.04. The Morgan fingerprint density at radius 1 is 1.63 bits per heavy atom. The molecule has 1 aromatic rings. The number of phenols is 1. The van der Waals surface area contributed by atoms with Gasteiger partial charge in [0.15, 0.2) is 5.11 Å². The van der Waals surface area contributed by atoms with E-state index in [-0.39, 0.29) is 22.1 Å². The lowest BCUT2D eigenvalue weighted by Gasteiger charge is -2.03. The van der Waals surface area contributed by atoms with Gasteiger partial charge < -0.3 is 10.4 Å². The number of hydrazone groups is 1. The van der Waals surface area contributed by atoms with Gasteiger partial charge in [-0.05, 0) is 18.3 Å².